The Bertz CT molecular complexity index is 1150. The maximum Gasteiger partial charge on any atom is 0.329 e. The molecule has 7 heteroatoms. The lowest BCUT2D eigenvalue weighted by Gasteiger charge is -2.12. The summed E-state index contributed by atoms with van der Waals surface area (Å²) in [4.78, 5) is 26.4. The van der Waals surface area contributed by atoms with Gasteiger partial charge in [0.25, 0.3) is 5.91 Å². The van der Waals surface area contributed by atoms with Crippen LogP contribution in [-0.2, 0) is 17.9 Å². The maximum atomic E-state index is 12.8. The first-order valence-electron chi connectivity index (χ1n) is 9.55. The summed E-state index contributed by atoms with van der Waals surface area (Å²) in [6.07, 6.45) is 1.63. The predicted molar refractivity (Wildman–Crippen MR) is 123 cm³/mol. The van der Waals surface area contributed by atoms with Crippen molar-refractivity contribution in [3.05, 3.63) is 105 Å². The van der Waals surface area contributed by atoms with Gasteiger partial charge in [-0.05, 0) is 47.5 Å². The predicted octanol–water partition coefficient (Wildman–Crippen LogP) is 5.77. The van der Waals surface area contributed by atoms with Gasteiger partial charge in [0.05, 0.1) is 6.54 Å². The number of carbonyl (C=O) groups excluding carboxylic acids is 2. The van der Waals surface area contributed by atoms with Crippen LogP contribution in [0, 0.1) is 0 Å². The number of imide groups is 1. The van der Waals surface area contributed by atoms with E-state index in [4.69, 9.17) is 16.3 Å². The largest absolute Gasteiger partial charge is 0.488 e. The van der Waals surface area contributed by atoms with Crippen molar-refractivity contribution in [3.63, 3.8) is 0 Å². The number of halogens is 2. The van der Waals surface area contributed by atoms with Crippen molar-refractivity contribution in [1.29, 1.82) is 0 Å². The zero-order chi connectivity index (χ0) is 21.8. The van der Waals surface area contributed by atoms with Gasteiger partial charge in [-0.25, -0.2) is 4.79 Å². The molecular formula is C24H18BrClN2O3. The van der Waals surface area contributed by atoms with Crippen molar-refractivity contribution < 1.29 is 14.3 Å². The van der Waals surface area contributed by atoms with Crippen molar-refractivity contribution >= 4 is 45.5 Å². The highest BCUT2D eigenvalue weighted by Crippen LogP contribution is 2.28. The summed E-state index contributed by atoms with van der Waals surface area (Å²) in [7, 11) is 0. The van der Waals surface area contributed by atoms with Crippen molar-refractivity contribution in [1.82, 2.24) is 10.2 Å². The van der Waals surface area contributed by atoms with Gasteiger partial charge >= 0.3 is 6.03 Å². The van der Waals surface area contributed by atoms with Crippen molar-refractivity contribution in [2.75, 3.05) is 0 Å². The van der Waals surface area contributed by atoms with Crippen LogP contribution in [0.15, 0.2) is 83.0 Å². The minimum Gasteiger partial charge on any atom is -0.488 e. The van der Waals surface area contributed by atoms with Crippen LogP contribution in [0.1, 0.15) is 16.7 Å². The van der Waals surface area contributed by atoms with Crippen LogP contribution in [0.3, 0.4) is 0 Å². The van der Waals surface area contributed by atoms with Crippen molar-refractivity contribution in [2.45, 2.75) is 13.2 Å². The number of hydrogen-bond donors (Lipinski definition) is 1. The highest BCUT2D eigenvalue weighted by Gasteiger charge is 2.33. The third-order valence-electron chi connectivity index (χ3n) is 4.73. The molecule has 31 heavy (non-hydrogen) atoms. The molecule has 3 aromatic carbocycles. The van der Waals surface area contributed by atoms with E-state index in [1.54, 1.807) is 18.2 Å². The number of rotatable bonds is 6. The normalized spacial score (nSPS) is 14.8. The molecule has 5 nitrogen and oxygen atoms in total. The van der Waals surface area contributed by atoms with E-state index in [1.807, 2.05) is 60.7 Å². The molecule has 1 heterocycles. The van der Waals surface area contributed by atoms with E-state index in [1.165, 1.54) is 4.90 Å². The Morgan fingerprint density at radius 3 is 2.45 bits per heavy atom. The van der Waals surface area contributed by atoms with E-state index in [2.05, 4.69) is 21.2 Å². The number of urea groups is 1. The van der Waals surface area contributed by atoms with Crippen LogP contribution in [0.25, 0.3) is 6.08 Å². The fourth-order valence-electron chi connectivity index (χ4n) is 3.14. The molecule has 0 aromatic heterocycles. The number of ether oxygens (including phenoxy) is 1. The fraction of sp³-hybridized carbons (Fsp3) is 0.0833. The van der Waals surface area contributed by atoms with Crippen LogP contribution in [0.2, 0.25) is 5.02 Å². The molecule has 0 radical (unpaired) electrons. The van der Waals surface area contributed by atoms with Gasteiger partial charge in [-0.2, -0.15) is 0 Å². The number of hydrogen-bond acceptors (Lipinski definition) is 3. The van der Waals surface area contributed by atoms with E-state index >= 15 is 0 Å². The summed E-state index contributed by atoms with van der Waals surface area (Å²) in [5, 5.41) is 3.32. The topological polar surface area (TPSA) is 58.6 Å². The molecule has 0 atom stereocenters. The molecule has 3 aromatic rings. The van der Waals surface area contributed by atoms with Crippen molar-refractivity contribution in [2.24, 2.45) is 0 Å². The standard InChI is InChI=1S/C24H18BrClN2O3/c25-19-8-11-22(31-15-17-6-9-20(26)10-7-17)18(12-19)13-21-23(29)28(24(30)27-21)14-16-4-2-1-3-5-16/h1-13H,14-15H2,(H,27,30)/b21-13+. The van der Waals surface area contributed by atoms with Gasteiger partial charge in [0.1, 0.15) is 18.1 Å². The quantitative estimate of drug-likeness (QED) is 0.347. The Kier molecular flexibility index (Phi) is 6.39. The summed E-state index contributed by atoms with van der Waals surface area (Å²) in [6, 6.07) is 21.8. The zero-order valence-electron chi connectivity index (χ0n) is 16.3. The summed E-state index contributed by atoms with van der Waals surface area (Å²) < 4.78 is 6.80. The third-order valence-corrected chi connectivity index (χ3v) is 5.47. The Labute approximate surface area is 193 Å². The Morgan fingerprint density at radius 1 is 0.968 bits per heavy atom. The van der Waals surface area contributed by atoms with Crippen LogP contribution in [0.5, 0.6) is 5.75 Å². The molecule has 1 aliphatic heterocycles. The van der Waals surface area contributed by atoms with Crippen LogP contribution >= 0.6 is 27.5 Å². The minimum absolute atomic E-state index is 0.204. The molecule has 0 spiro atoms. The molecule has 1 saturated heterocycles. The average Bonchev–Trinajstić information content (AvgIpc) is 3.02. The SMILES string of the molecule is O=C1N/C(=C/c2cc(Br)ccc2OCc2ccc(Cl)cc2)C(=O)N1Cc1ccccc1. The first kappa shape index (κ1) is 21.2. The molecule has 4 rings (SSSR count). The van der Waals surface area contributed by atoms with E-state index in [9.17, 15) is 9.59 Å². The second-order valence-corrected chi connectivity index (χ2v) is 8.31. The highest BCUT2D eigenvalue weighted by atomic mass is 79.9. The first-order chi connectivity index (χ1) is 15.0. The molecular weight excluding hydrogens is 480 g/mol. The number of benzene rings is 3. The lowest BCUT2D eigenvalue weighted by atomic mass is 10.1. The first-order valence-corrected chi connectivity index (χ1v) is 10.7. The fourth-order valence-corrected chi connectivity index (χ4v) is 3.65. The molecule has 1 N–H and O–H groups in total. The molecule has 0 unspecified atom stereocenters. The van der Waals surface area contributed by atoms with E-state index in [0.717, 1.165) is 15.6 Å². The third kappa shape index (κ3) is 5.16. The maximum absolute atomic E-state index is 12.8. The second kappa shape index (κ2) is 9.37. The number of amides is 3. The lowest BCUT2D eigenvalue weighted by molar-refractivity contribution is -0.123. The second-order valence-electron chi connectivity index (χ2n) is 6.96. The summed E-state index contributed by atoms with van der Waals surface area (Å²) in [5.41, 5.74) is 2.72. The number of nitrogens with zero attached hydrogens (tertiary/aromatic N) is 1. The zero-order valence-corrected chi connectivity index (χ0v) is 18.7. The van der Waals surface area contributed by atoms with Gasteiger partial charge in [-0.1, -0.05) is 70.0 Å². The molecule has 1 aliphatic rings. The summed E-state index contributed by atoms with van der Waals surface area (Å²) in [5.74, 6) is 0.215. The summed E-state index contributed by atoms with van der Waals surface area (Å²) in [6.45, 7) is 0.552. The van der Waals surface area contributed by atoms with Gasteiger partial charge in [0, 0.05) is 15.1 Å². The van der Waals surface area contributed by atoms with E-state index in [-0.39, 0.29) is 18.1 Å². The van der Waals surface area contributed by atoms with Crippen LogP contribution in [0.4, 0.5) is 4.79 Å². The molecule has 0 aliphatic carbocycles. The highest BCUT2D eigenvalue weighted by molar-refractivity contribution is 9.10. The smallest absolute Gasteiger partial charge is 0.329 e. The van der Waals surface area contributed by atoms with Gasteiger partial charge in [0.2, 0.25) is 0 Å². The monoisotopic (exact) mass is 496 g/mol. The molecule has 3 amide bonds. The Morgan fingerprint density at radius 2 is 1.71 bits per heavy atom. The molecule has 1 fully saturated rings. The van der Waals surface area contributed by atoms with Gasteiger partial charge < -0.3 is 10.1 Å². The van der Waals surface area contributed by atoms with Crippen molar-refractivity contribution in [3.8, 4) is 5.75 Å². The Hall–Kier alpha value is -3.09. The van der Waals surface area contributed by atoms with Gasteiger partial charge in [-0.15, -0.1) is 0 Å². The van der Waals surface area contributed by atoms with E-state index in [0.29, 0.717) is 22.9 Å². The van der Waals surface area contributed by atoms with Gasteiger partial charge in [0.15, 0.2) is 0 Å². The van der Waals surface area contributed by atoms with Crippen LogP contribution in [-0.4, -0.2) is 16.8 Å². The lowest BCUT2D eigenvalue weighted by Crippen LogP contribution is -2.30. The molecule has 156 valence electrons. The van der Waals surface area contributed by atoms with Gasteiger partial charge in [-0.3, -0.25) is 9.69 Å². The number of nitrogens with one attached hydrogen (secondary N) is 1. The molecule has 0 bridgehead atoms. The number of carbonyl (C=O) groups is 2. The van der Waals surface area contributed by atoms with E-state index < -0.39 is 6.03 Å². The minimum atomic E-state index is -0.446. The average molecular weight is 498 g/mol. The Balaban J connectivity index is 1.54. The molecule has 0 saturated carbocycles. The van der Waals surface area contributed by atoms with Crippen LogP contribution < -0.4 is 10.1 Å². The summed E-state index contributed by atoms with van der Waals surface area (Å²) >= 11 is 9.38.